The number of hydrogen-bond acceptors (Lipinski definition) is 3. The van der Waals surface area contributed by atoms with Crippen LogP contribution in [-0.2, 0) is 6.61 Å². The summed E-state index contributed by atoms with van der Waals surface area (Å²) in [5.41, 5.74) is 3.37. The molecule has 0 saturated heterocycles. The number of imidazole rings is 1. The first-order valence-corrected chi connectivity index (χ1v) is 6.80. The molecule has 3 rings (SSSR count). The second-order valence-corrected chi connectivity index (χ2v) is 5.04. The number of pyridine rings is 1. The summed E-state index contributed by atoms with van der Waals surface area (Å²) in [7, 11) is 0. The van der Waals surface area contributed by atoms with Gasteiger partial charge >= 0.3 is 0 Å². The lowest BCUT2D eigenvalue weighted by atomic mass is 10.1. The number of aromatic nitrogens is 2. The van der Waals surface area contributed by atoms with Crippen LogP contribution in [-0.4, -0.2) is 15.2 Å². The van der Waals surface area contributed by atoms with Gasteiger partial charge in [0.2, 0.25) is 0 Å². The van der Waals surface area contributed by atoms with Crippen LogP contribution < -0.4 is 4.74 Å². The number of nitrogens with zero attached hydrogens (tertiary/aromatic N) is 2. The van der Waals surface area contributed by atoms with Crippen molar-refractivity contribution in [3.63, 3.8) is 0 Å². The molecule has 2 aromatic heterocycles. The van der Waals surface area contributed by atoms with E-state index in [1.54, 1.807) is 13.0 Å². The maximum absolute atomic E-state index is 11.6. The minimum Gasteiger partial charge on any atom is -0.486 e. The number of aryl methyl sites for hydroxylation is 1. The molecule has 0 bridgehead atoms. The van der Waals surface area contributed by atoms with Crippen molar-refractivity contribution >= 4 is 11.4 Å². The summed E-state index contributed by atoms with van der Waals surface area (Å²) in [6.07, 6.45) is 3.87. The quantitative estimate of drug-likeness (QED) is 0.688. The van der Waals surface area contributed by atoms with Crippen LogP contribution in [0, 0.1) is 6.92 Å². The molecule has 21 heavy (non-hydrogen) atoms. The Morgan fingerprint density at radius 3 is 2.90 bits per heavy atom. The van der Waals surface area contributed by atoms with Crippen molar-refractivity contribution in [2.45, 2.75) is 20.5 Å². The molecule has 0 saturated carbocycles. The molecule has 0 spiro atoms. The molecule has 4 nitrogen and oxygen atoms in total. The number of benzene rings is 1. The van der Waals surface area contributed by atoms with Gasteiger partial charge in [-0.05, 0) is 43.7 Å². The van der Waals surface area contributed by atoms with Crippen molar-refractivity contribution in [2.75, 3.05) is 0 Å². The molecular formula is C17H16N2O2. The van der Waals surface area contributed by atoms with E-state index in [0.717, 1.165) is 16.9 Å². The Balaban J connectivity index is 1.84. The van der Waals surface area contributed by atoms with Gasteiger partial charge in [-0.1, -0.05) is 12.1 Å². The van der Waals surface area contributed by atoms with E-state index in [1.807, 2.05) is 54.0 Å². The number of Topliss-reactive ketones (excluding diaryl/α,β-unsaturated/α-hetero) is 1. The Labute approximate surface area is 123 Å². The third kappa shape index (κ3) is 2.79. The van der Waals surface area contributed by atoms with Gasteiger partial charge in [-0.15, -0.1) is 0 Å². The molecule has 0 N–H and O–H groups in total. The van der Waals surface area contributed by atoms with Gasteiger partial charge < -0.3 is 9.14 Å². The molecule has 0 radical (unpaired) electrons. The zero-order chi connectivity index (χ0) is 14.8. The van der Waals surface area contributed by atoms with Gasteiger partial charge in [0.05, 0.1) is 11.3 Å². The molecule has 4 heteroatoms. The van der Waals surface area contributed by atoms with E-state index in [4.69, 9.17) is 4.74 Å². The number of ketones is 1. The van der Waals surface area contributed by atoms with Crippen LogP contribution in [0.2, 0.25) is 0 Å². The van der Waals surface area contributed by atoms with Crippen LogP contribution in [0.3, 0.4) is 0 Å². The summed E-state index contributed by atoms with van der Waals surface area (Å²) in [5.74, 6) is 0.611. The van der Waals surface area contributed by atoms with Gasteiger partial charge in [0.1, 0.15) is 18.0 Å². The van der Waals surface area contributed by atoms with E-state index in [-0.39, 0.29) is 5.78 Å². The molecule has 1 aromatic carbocycles. The second kappa shape index (κ2) is 5.40. The molecule has 0 fully saturated rings. The number of carbonyl (C=O) groups is 1. The van der Waals surface area contributed by atoms with Crippen LogP contribution in [0.4, 0.5) is 0 Å². The van der Waals surface area contributed by atoms with Crippen molar-refractivity contribution in [1.82, 2.24) is 9.38 Å². The predicted molar refractivity (Wildman–Crippen MR) is 80.7 cm³/mol. The Morgan fingerprint density at radius 2 is 2.14 bits per heavy atom. The van der Waals surface area contributed by atoms with Crippen LogP contribution in [0.15, 0.2) is 48.8 Å². The average Bonchev–Trinajstić information content (AvgIpc) is 2.87. The molecule has 2 heterocycles. The zero-order valence-electron chi connectivity index (χ0n) is 12.0. The molecule has 0 unspecified atom stereocenters. The van der Waals surface area contributed by atoms with Crippen molar-refractivity contribution in [3.05, 3.63) is 65.6 Å². The van der Waals surface area contributed by atoms with Crippen molar-refractivity contribution in [1.29, 1.82) is 0 Å². The number of ether oxygens (including phenoxy) is 1. The fourth-order valence-corrected chi connectivity index (χ4v) is 2.25. The largest absolute Gasteiger partial charge is 0.486 e. The number of hydrogen-bond donors (Lipinski definition) is 0. The molecule has 0 amide bonds. The second-order valence-electron chi connectivity index (χ2n) is 5.04. The maximum Gasteiger partial charge on any atom is 0.163 e. The lowest BCUT2D eigenvalue weighted by Crippen LogP contribution is -2.02. The molecule has 0 aliphatic heterocycles. The maximum atomic E-state index is 11.6. The third-order valence-corrected chi connectivity index (χ3v) is 3.31. The van der Waals surface area contributed by atoms with Gasteiger partial charge in [0.25, 0.3) is 0 Å². The van der Waals surface area contributed by atoms with Gasteiger partial charge in [-0.2, -0.15) is 0 Å². The first kappa shape index (κ1) is 13.4. The highest BCUT2D eigenvalue weighted by Crippen LogP contribution is 2.22. The normalized spacial score (nSPS) is 10.8. The monoisotopic (exact) mass is 280 g/mol. The third-order valence-electron chi connectivity index (χ3n) is 3.31. The Bertz CT molecular complexity index is 772. The number of rotatable bonds is 4. The SMILES string of the molecule is CC(=O)c1ccc(C)cc1OCc1cn2ccccc2n1. The van der Waals surface area contributed by atoms with Crippen LogP contribution >= 0.6 is 0 Å². The molecular weight excluding hydrogens is 264 g/mol. The van der Waals surface area contributed by atoms with Crippen LogP contribution in [0.5, 0.6) is 5.75 Å². The van der Waals surface area contributed by atoms with Gasteiger partial charge in [0, 0.05) is 12.4 Å². The summed E-state index contributed by atoms with van der Waals surface area (Å²) < 4.78 is 7.74. The predicted octanol–water partition coefficient (Wildman–Crippen LogP) is 3.42. The van der Waals surface area contributed by atoms with Crippen LogP contribution in [0.25, 0.3) is 5.65 Å². The highest BCUT2D eigenvalue weighted by atomic mass is 16.5. The highest BCUT2D eigenvalue weighted by molar-refractivity contribution is 5.96. The van der Waals surface area contributed by atoms with E-state index in [9.17, 15) is 4.79 Å². The summed E-state index contributed by atoms with van der Waals surface area (Å²) in [6, 6.07) is 11.4. The fraction of sp³-hybridized carbons (Fsp3) is 0.176. The number of carbonyl (C=O) groups excluding carboxylic acids is 1. The van der Waals surface area contributed by atoms with Crippen LogP contribution in [0.1, 0.15) is 28.5 Å². The molecule has 0 atom stereocenters. The van der Waals surface area contributed by atoms with E-state index < -0.39 is 0 Å². The molecule has 3 aromatic rings. The summed E-state index contributed by atoms with van der Waals surface area (Å²) in [5, 5.41) is 0. The van der Waals surface area contributed by atoms with Crippen molar-refractivity contribution < 1.29 is 9.53 Å². The van der Waals surface area contributed by atoms with E-state index >= 15 is 0 Å². The van der Waals surface area contributed by atoms with Gasteiger partial charge in [-0.25, -0.2) is 4.98 Å². The smallest absolute Gasteiger partial charge is 0.163 e. The molecule has 0 aliphatic carbocycles. The Kier molecular flexibility index (Phi) is 3.44. The van der Waals surface area contributed by atoms with Gasteiger partial charge in [0.15, 0.2) is 5.78 Å². The van der Waals surface area contributed by atoms with E-state index in [1.165, 1.54) is 0 Å². The lowest BCUT2D eigenvalue weighted by Gasteiger charge is -2.09. The number of fused-ring (bicyclic) bond motifs is 1. The first-order valence-electron chi connectivity index (χ1n) is 6.80. The fourth-order valence-electron chi connectivity index (χ4n) is 2.25. The summed E-state index contributed by atoms with van der Waals surface area (Å²) >= 11 is 0. The Morgan fingerprint density at radius 1 is 1.29 bits per heavy atom. The molecule has 0 aliphatic rings. The van der Waals surface area contributed by atoms with Crippen molar-refractivity contribution in [3.8, 4) is 5.75 Å². The van der Waals surface area contributed by atoms with Gasteiger partial charge in [-0.3, -0.25) is 4.79 Å². The zero-order valence-corrected chi connectivity index (χ0v) is 12.0. The lowest BCUT2D eigenvalue weighted by molar-refractivity contribution is 0.101. The molecule has 106 valence electrons. The highest BCUT2D eigenvalue weighted by Gasteiger charge is 2.10. The Hall–Kier alpha value is -2.62. The summed E-state index contributed by atoms with van der Waals surface area (Å²) in [6.45, 7) is 3.86. The first-order chi connectivity index (χ1) is 10.1. The van der Waals surface area contributed by atoms with Crippen molar-refractivity contribution in [2.24, 2.45) is 0 Å². The minimum absolute atomic E-state index is 0.00000131. The minimum atomic E-state index is 0.00000131. The average molecular weight is 280 g/mol. The topological polar surface area (TPSA) is 43.6 Å². The standard InChI is InChI=1S/C17H16N2O2/c1-12-6-7-15(13(2)20)16(9-12)21-11-14-10-19-8-4-3-5-17(19)18-14/h3-10H,11H2,1-2H3. The van der Waals surface area contributed by atoms with E-state index in [2.05, 4.69) is 4.98 Å². The van der Waals surface area contributed by atoms with E-state index in [0.29, 0.717) is 17.9 Å². The summed E-state index contributed by atoms with van der Waals surface area (Å²) in [4.78, 5) is 16.1.